The van der Waals surface area contributed by atoms with Gasteiger partial charge in [0.05, 0.1) is 16.1 Å². The average molecular weight is 462 g/mol. The number of aryl methyl sites for hydroxylation is 2. The summed E-state index contributed by atoms with van der Waals surface area (Å²) in [6.07, 6.45) is -3.21. The minimum atomic E-state index is -4.73. The largest absolute Gasteiger partial charge is 0.416 e. The zero-order valence-electron chi connectivity index (χ0n) is 16.9. The van der Waals surface area contributed by atoms with Gasteiger partial charge in [-0.05, 0) is 49.7 Å². The molecule has 0 aliphatic rings. The van der Waals surface area contributed by atoms with Crippen LogP contribution in [0.3, 0.4) is 0 Å². The Kier molecular flexibility index (Phi) is 6.68. The Bertz CT molecular complexity index is 1190. The molecule has 0 saturated heterocycles. The van der Waals surface area contributed by atoms with Crippen LogP contribution in [0.2, 0.25) is 0 Å². The van der Waals surface area contributed by atoms with Gasteiger partial charge in [0.25, 0.3) is 11.6 Å². The Labute approximate surface area is 185 Å². The zero-order chi connectivity index (χ0) is 23.5. The molecule has 0 atom stereocenters. The summed E-state index contributed by atoms with van der Waals surface area (Å²) < 4.78 is 38.6. The minimum absolute atomic E-state index is 0.194. The Morgan fingerprint density at radius 3 is 2.53 bits per heavy atom. The maximum atomic E-state index is 12.9. The first-order chi connectivity index (χ1) is 15.1. The Hall–Kier alpha value is -3.60. The van der Waals surface area contributed by atoms with Crippen molar-refractivity contribution in [3.8, 4) is 0 Å². The number of amides is 1. The summed E-state index contributed by atoms with van der Waals surface area (Å²) >= 11 is 1.28. The molecule has 0 bridgehead atoms. The molecule has 166 valence electrons. The predicted octanol–water partition coefficient (Wildman–Crippen LogP) is 5.53. The molecule has 7 nitrogen and oxygen atoms in total. The number of benzene rings is 2. The normalized spacial score (nSPS) is 11.2. The van der Waals surface area contributed by atoms with Crippen molar-refractivity contribution in [2.75, 3.05) is 5.43 Å². The number of pyridine rings is 1. The summed E-state index contributed by atoms with van der Waals surface area (Å²) in [6, 6.07) is 10.9. The van der Waals surface area contributed by atoms with E-state index in [2.05, 4.69) is 15.8 Å². The third-order valence-corrected chi connectivity index (χ3v) is 5.58. The summed E-state index contributed by atoms with van der Waals surface area (Å²) in [5.74, 6) is -0.653. The lowest BCUT2D eigenvalue weighted by molar-refractivity contribution is -0.384. The third-order valence-electron chi connectivity index (χ3n) is 4.39. The number of hydrazine groups is 1. The van der Waals surface area contributed by atoms with Crippen molar-refractivity contribution in [2.24, 2.45) is 0 Å². The average Bonchev–Trinajstić information content (AvgIpc) is 2.73. The summed E-state index contributed by atoms with van der Waals surface area (Å²) in [5.41, 5.74) is 4.64. The third kappa shape index (κ3) is 5.35. The maximum Gasteiger partial charge on any atom is 0.416 e. The number of carbonyl (C=O) groups excluding carboxylic acids is 1. The molecule has 0 spiro atoms. The lowest BCUT2D eigenvalue weighted by Gasteiger charge is -2.13. The van der Waals surface area contributed by atoms with Crippen LogP contribution in [0, 0.1) is 24.0 Å². The number of nitro groups is 1. The molecule has 32 heavy (non-hydrogen) atoms. The minimum Gasteiger partial charge on any atom is -0.292 e. The van der Waals surface area contributed by atoms with Gasteiger partial charge in [-0.15, -0.1) is 0 Å². The van der Waals surface area contributed by atoms with Crippen LogP contribution in [0.25, 0.3) is 0 Å². The Morgan fingerprint density at radius 2 is 1.88 bits per heavy atom. The van der Waals surface area contributed by atoms with Gasteiger partial charge in [-0.2, -0.15) is 13.2 Å². The summed E-state index contributed by atoms with van der Waals surface area (Å²) in [5, 5.41) is 11.6. The highest BCUT2D eigenvalue weighted by atomic mass is 32.2. The van der Waals surface area contributed by atoms with Gasteiger partial charge in [0.2, 0.25) is 0 Å². The van der Waals surface area contributed by atoms with Gasteiger partial charge in [0, 0.05) is 17.2 Å². The van der Waals surface area contributed by atoms with Gasteiger partial charge >= 0.3 is 6.18 Å². The molecule has 2 N–H and O–H groups in total. The fourth-order valence-electron chi connectivity index (χ4n) is 2.82. The highest BCUT2D eigenvalue weighted by Gasteiger charge is 2.33. The topological polar surface area (TPSA) is 97.2 Å². The van der Waals surface area contributed by atoms with Gasteiger partial charge in [0.15, 0.2) is 0 Å². The molecular formula is C21H17F3N4O3S. The second kappa shape index (κ2) is 9.27. The van der Waals surface area contributed by atoms with Crippen molar-refractivity contribution in [1.82, 2.24) is 10.4 Å². The van der Waals surface area contributed by atoms with Gasteiger partial charge in [-0.25, -0.2) is 4.98 Å². The molecule has 3 aromatic rings. The van der Waals surface area contributed by atoms with E-state index in [0.29, 0.717) is 17.2 Å². The fraction of sp³-hybridized carbons (Fsp3) is 0.143. The first-order valence-corrected chi connectivity index (χ1v) is 10.00. The van der Waals surface area contributed by atoms with Crippen molar-refractivity contribution >= 4 is 29.0 Å². The lowest BCUT2D eigenvalue weighted by Crippen LogP contribution is -2.30. The molecule has 1 aromatic heterocycles. The number of carbonyl (C=O) groups is 1. The highest BCUT2D eigenvalue weighted by Crippen LogP contribution is 2.35. The van der Waals surface area contributed by atoms with E-state index in [0.717, 1.165) is 22.1 Å². The molecule has 2 aromatic carbocycles. The number of nitrogens with zero attached hydrogens (tertiary/aromatic N) is 2. The molecule has 0 fully saturated rings. The number of rotatable bonds is 6. The molecule has 1 amide bonds. The molecule has 0 unspecified atom stereocenters. The number of alkyl halides is 3. The van der Waals surface area contributed by atoms with Crippen LogP contribution < -0.4 is 10.9 Å². The van der Waals surface area contributed by atoms with Crippen LogP contribution in [0.15, 0.2) is 64.6 Å². The van der Waals surface area contributed by atoms with Crippen LogP contribution in [-0.2, 0) is 6.18 Å². The summed E-state index contributed by atoms with van der Waals surface area (Å²) in [7, 11) is 0. The smallest absolute Gasteiger partial charge is 0.292 e. The SMILES string of the molecule is Cc1ccc(Sc2ncccc2C(=O)NNc2ccc(C(F)(F)F)cc2[N+](=O)[O-])c(C)c1. The zero-order valence-corrected chi connectivity index (χ0v) is 17.7. The van der Waals surface area contributed by atoms with Crippen molar-refractivity contribution < 1.29 is 22.9 Å². The van der Waals surface area contributed by atoms with Gasteiger partial charge in [0.1, 0.15) is 10.7 Å². The van der Waals surface area contributed by atoms with Gasteiger partial charge in [-0.3, -0.25) is 25.8 Å². The molecule has 11 heteroatoms. The highest BCUT2D eigenvalue weighted by molar-refractivity contribution is 7.99. The van der Waals surface area contributed by atoms with Crippen molar-refractivity contribution in [1.29, 1.82) is 0 Å². The van der Waals surface area contributed by atoms with E-state index in [-0.39, 0.29) is 11.3 Å². The number of halogens is 3. The van der Waals surface area contributed by atoms with Crippen LogP contribution in [0.4, 0.5) is 24.5 Å². The monoisotopic (exact) mass is 462 g/mol. The molecule has 0 radical (unpaired) electrons. The van der Waals surface area contributed by atoms with Crippen LogP contribution in [-0.4, -0.2) is 15.8 Å². The van der Waals surface area contributed by atoms with Crippen LogP contribution in [0.1, 0.15) is 27.0 Å². The second-order valence-corrected chi connectivity index (χ2v) is 7.82. The number of aromatic nitrogens is 1. The Morgan fingerprint density at radius 1 is 1.12 bits per heavy atom. The molecule has 1 heterocycles. The van der Waals surface area contributed by atoms with Crippen LogP contribution in [0.5, 0.6) is 0 Å². The van der Waals surface area contributed by atoms with E-state index < -0.39 is 28.3 Å². The van der Waals surface area contributed by atoms with Crippen molar-refractivity contribution in [3.05, 3.63) is 87.1 Å². The predicted molar refractivity (Wildman–Crippen MR) is 113 cm³/mol. The van der Waals surface area contributed by atoms with E-state index in [1.54, 1.807) is 6.07 Å². The first-order valence-electron chi connectivity index (χ1n) is 9.18. The molecule has 0 aliphatic heterocycles. The first kappa shape index (κ1) is 23.1. The van der Waals surface area contributed by atoms with Crippen molar-refractivity contribution in [2.45, 2.75) is 29.9 Å². The standard InChI is InChI=1S/C21H17F3N4O3S/c1-12-5-8-18(13(2)10-12)32-20-15(4-3-9-25-20)19(29)27-26-16-7-6-14(21(22,23)24)11-17(16)28(30)31/h3-11,26H,1-2H3,(H,27,29). The number of hydrogen-bond acceptors (Lipinski definition) is 6. The maximum absolute atomic E-state index is 12.9. The van der Waals surface area contributed by atoms with Gasteiger partial charge < -0.3 is 0 Å². The molecule has 0 saturated carbocycles. The van der Waals surface area contributed by atoms with E-state index in [4.69, 9.17) is 0 Å². The summed E-state index contributed by atoms with van der Waals surface area (Å²) in [6.45, 7) is 3.90. The second-order valence-electron chi connectivity index (χ2n) is 6.79. The van der Waals surface area contributed by atoms with E-state index in [1.807, 2.05) is 32.0 Å². The quantitative estimate of drug-likeness (QED) is 0.369. The number of nitro benzene ring substituents is 1. The number of hydrogen-bond donors (Lipinski definition) is 2. The number of anilines is 1. The fourth-order valence-corrected chi connectivity index (χ4v) is 3.77. The lowest BCUT2D eigenvalue weighted by atomic mass is 10.1. The molecule has 3 rings (SSSR count). The number of nitrogens with one attached hydrogen (secondary N) is 2. The van der Waals surface area contributed by atoms with E-state index in [1.165, 1.54) is 24.0 Å². The Balaban J connectivity index is 1.81. The van der Waals surface area contributed by atoms with E-state index >= 15 is 0 Å². The van der Waals surface area contributed by atoms with Crippen LogP contribution >= 0.6 is 11.8 Å². The van der Waals surface area contributed by atoms with E-state index in [9.17, 15) is 28.1 Å². The summed E-state index contributed by atoms with van der Waals surface area (Å²) in [4.78, 5) is 28.1. The van der Waals surface area contributed by atoms with Crippen molar-refractivity contribution in [3.63, 3.8) is 0 Å². The molecule has 0 aliphatic carbocycles. The molecular weight excluding hydrogens is 445 g/mol. The van der Waals surface area contributed by atoms with Gasteiger partial charge in [-0.1, -0.05) is 29.5 Å².